The number of pyridine rings is 1. The third-order valence-corrected chi connectivity index (χ3v) is 7.35. The topological polar surface area (TPSA) is 16.1 Å². The van der Waals surface area contributed by atoms with Gasteiger partial charge in [0, 0.05) is 29.4 Å². The Kier molecular flexibility index (Phi) is 3.62. The first-order valence-electron chi connectivity index (χ1n) is 10.1. The molecule has 2 saturated carbocycles. The summed E-state index contributed by atoms with van der Waals surface area (Å²) >= 11 is 0. The summed E-state index contributed by atoms with van der Waals surface area (Å²) in [6.45, 7) is 3.51. The van der Waals surface area contributed by atoms with Crippen molar-refractivity contribution in [2.75, 3.05) is 11.4 Å². The molecular formula is C23H28N2. The highest BCUT2D eigenvalue weighted by atomic mass is 15.2. The van der Waals surface area contributed by atoms with Gasteiger partial charge in [0.15, 0.2) is 0 Å². The molecule has 25 heavy (non-hydrogen) atoms. The van der Waals surface area contributed by atoms with Crippen LogP contribution in [0, 0.1) is 17.8 Å². The highest BCUT2D eigenvalue weighted by Crippen LogP contribution is 2.58. The summed E-state index contributed by atoms with van der Waals surface area (Å²) in [6, 6.07) is 15.4. The van der Waals surface area contributed by atoms with Gasteiger partial charge in [-0.05, 0) is 68.1 Å². The van der Waals surface area contributed by atoms with Gasteiger partial charge in [0.2, 0.25) is 0 Å². The van der Waals surface area contributed by atoms with Crippen LogP contribution in [0.5, 0.6) is 0 Å². The minimum atomic E-state index is 0.323. The number of para-hydroxylation sites is 1. The molecule has 0 amide bonds. The van der Waals surface area contributed by atoms with E-state index in [-0.39, 0.29) is 0 Å². The maximum atomic E-state index is 4.84. The summed E-state index contributed by atoms with van der Waals surface area (Å²) in [5.74, 6) is 3.96. The fourth-order valence-corrected chi connectivity index (χ4v) is 6.08. The molecule has 2 nitrogen and oxygen atoms in total. The van der Waals surface area contributed by atoms with Gasteiger partial charge >= 0.3 is 0 Å². The predicted molar refractivity (Wildman–Crippen MR) is 103 cm³/mol. The average molecular weight is 332 g/mol. The van der Waals surface area contributed by atoms with E-state index in [0.29, 0.717) is 5.41 Å². The molecule has 1 aliphatic heterocycles. The zero-order valence-electron chi connectivity index (χ0n) is 15.2. The van der Waals surface area contributed by atoms with Crippen LogP contribution in [0.2, 0.25) is 0 Å². The van der Waals surface area contributed by atoms with E-state index in [4.69, 9.17) is 4.98 Å². The lowest BCUT2D eigenvalue weighted by atomic mass is 9.54. The molecule has 4 atom stereocenters. The van der Waals surface area contributed by atoms with Gasteiger partial charge in [0.1, 0.15) is 5.82 Å². The zero-order valence-corrected chi connectivity index (χ0v) is 15.2. The first kappa shape index (κ1) is 15.4. The molecule has 0 saturated heterocycles. The van der Waals surface area contributed by atoms with Crippen LogP contribution in [0.3, 0.4) is 0 Å². The van der Waals surface area contributed by atoms with E-state index in [1.165, 1.54) is 55.6 Å². The lowest BCUT2D eigenvalue weighted by molar-refractivity contribution is 0.0635. The number of hydrogen-bond acceptors (Lipinski definition) is 2. The van der Waals surface area contributed by atoms with E-state index in [0.717, 1.165) is 24.3 Å². The van der Waals surface area contributed by atoms with Crippen molar-refractivity contribution < 1.29 is 0 Å². The number of fused-ring (bicyclic) bond motifs is 5. The molecule has 2 fully saturated rings. The van der Waals surface area contributed by atoms with Crippen molar-refractivity contribution >= 4 is 11.5 Å². The summed E-state index contributed by atoms with van der Waals surface area (Å²) in [5, 5.41) is 0. The van der Waals surface area contributed by atoms with Crippen LogP contribution in [0.4, 0.5) is 11.5 Å². The molecule has 3 aliphatic rings. The normalized spacial score (nSPS) is 33.5. The van der Waals surface area contributed by atoms with Crippen LogP contribution in [-0.4, -0.2) is 11.5 Å². The van der Waals surface area contributed by atoms with Crippen LogP contribution in [0.1, 0.15) is 51.0 Å². The van der Waals surface area contributed by atoms with Crippen LogP contribution in [-0.2, 0) is 5.41 Å². The van der Waals surface area contributed by atoms with Crippen molar-refractivity contribution in [2.24, 2.45) is 17.8 Å². The van der Waals surface area contributed by atoms with E-state index in [9.17, 15) is 0 Å². The predicted octanol–water partition coefficient (Wildman–Crippen LogP) is 5.71. The lowest BCUT2D eigenvalue weighted by Crippen LogP contribution is -2.46. The maximum absolute atomic E-state index is 4.84. The first-order valence-corrected chi connectivity index (χ1v) is 10.1. The SMILES string of the molecule is CCC1CC2CCC3(CN(c4ccccc4)c4ncccc43)C(C1)C2. The van der Waals surface area contributed by atoms with Gasteiger partial charge in [0.05, 0.1) is 0 Å². The highest BCUT2D eigenvalue weighted by Gasteiger charge is 2.53. The van der Waals surface area contributed by atoms with Crippen LogP contribution in [0.25, 0.3) is 0 Å². The number of benzene rings is 1. The first-order chi connectivity index (χ1) is 12.3. The minimum Gasteiger partial charge on any atom is -0.325 e. The highest BCUT2D eigenvalue weighted by molar-refractivity contribution is 5.69. The molecule has 1 aromatic heterocycles. The second-order valence-corrected chi connectivity index (χ2v) is 8.54. The fourth-order valence-electron chi connectivity index (χ4n) is 6.08. The van der Waals surface area contributed by atoms with Crippen molar-refractivity contribution in [1.82, 2.24) is 4.98 Å². The Bertz CT molecular complexity index is 756. The van der Waals surface area contributed by atoms with Crippen molar-refractivity contribution in [3.05, 3.63) is 54.2 Å². The third-order valence-electron chi connectivity index (χ3n) is 7.35. The Labute approximate surface area is 151 Å². The van der Waals surface area contributed by atoms with E-state index in [2.05, 4.69) is 54.3 Å². The molecule has 4 unspecified atom stereocenters. The Morgan fingerprint density at radius 3 is 2.80 bits per heavy atom. The van der Waals surface area contributed by atoms with Crippen LogP contribution < -0.4 is 4.90 Å². The summed E-state index contributed by atoms with van der Waals surface area (Å²) in [6.07, 6.45) is 10.4. The van der Waals surface area contributed by atoms with Gasteiger partial charge in [-0.25, -0.2) is 4.98 Å². The smallest absolute Gasteiger partial charge is 0.136 e. The largest absolute Gasteiger partial charge is 0.325 e. The number of rotatable bonds is 2. The van der Waals surface area contributed by atoms with Gasteiger partial charge < -0.3 is 4.90 Å². The quantitative estimate of drug-likeness (QED) is 0.700. The zero-order chi connectivity index (χ0) is 16.9. The van der Waals surface area contributed by atoms with Crippen molar-refractivity contribution in [2.45, 2.75) is 50.9 Å². The molecule has 2 aliphatic carbocycles. The molecule has 1 aromatic carbocycles. The van der Waals surface area contributed by atoms with Crippen LogP contribution in [0.15, 0.2) is 48.7 Å². The van der Waals surface area contributed by atoms with E-state index in [1.54, 1.807) is 0 Å². The summed E-state index contributed by atoms with van der Waals surface area (Å²) < 4.78 is 0. The summed E-state index contributed by atoms with van der Waals surface area (Å²) in [7, 11) is 0. The number of anilines is 2. The Morgan fingerprint density at radius 2 is 1.96 bits per heavy atom. The van der Waals surface area contributed by atoms with Gasteiger partial charge in [-0.2, -0.15) is 0 Å². The lowest BCUT2D eigenvalue weighted by Gasteiger charge is -2.50. The number of aromatic nitrogens is 1. The van der Waals surface area contributed by atoms with Crippen molar-refractivity contribution in [3.8, 4) is 0 Å². The summed E-state index contributed by atoms with van der Waals surface area (Å²) in [5.41, 5.74) is 3.15. The molecule has 1 spiro atoms. The van der Waals surface area contributed by atoms with Gasteiger partial charge in [-0.1, -0.05) is 37.6 Å². The Hall–Kier alpha value is -1.83. The molecule has 2 heteroatoms. The molecule has 0 radical (unpaired) electrons. The third kappa shape index (κ3) is 2.33. The average Bonchev–Trinajstić information content (AvgIpc) is 3.01. The molecule has 130 valence electrons. The number of hydrogen-bond donors (Lipinski definition) is 0. The molecule has 2 aromatic rings. The van der Waals surface area contributed by atoms with Gasteiger partial charge in [-0.15, -0.1) is 0 Å². The Morgan fingerprint density at radius 1 is 1.08 bits per heavy atom. The fraction of sp³-hybridized carbons (Fsp3) is 0.522. The van der Waals surface area contributed by atoms with E-state index >= 15 is 0 Å². The molecule has 0 N–H and O–H groups in total. The second-order valence-electron chi connectivity index (χ2n) is 8.54. The molecule has 2 bridgehead atoms. The maximum Gasteiger partial charge on any atom is 0.136 e. The monoisotopic (exact) mass is 332 g/mol. The molecule has 5 rings (SSSR count). The van der Waals surface area contributed by atoms with Crippen molar-refractivity contribution in [1.29, 1.82) is 0 Å². The van der Waals surface area contributed by atoms with E-state index in [1.807, 2.05) is 6.20 Å². The molecular weight excluding hydrogens is 304 g/mol. The standard InChI is InChI=1S/C23H28N2/c1-2-17-13-18-10-11-23(19(14-17)15-18)16-25(20-7-4-3-5-8-20)22-21(23)9-6-12-24-22/h3-9,12,17-19H,2,10-11,13-16H2,1H3. The van der Waals surface area contributed by atoms with Crippen LogP contribution >= 0.6 is 0 Å². The summed E-state index contributed by atoms with van der Waals surface area (Å²) in [4.78, 5) is 7.33. The Balaban J connectivity index is 1.58. The molecule has 2 heterocycles. The number of nitrogens with zero attached hydrogens (tertiary/aromatic N) is 2. The minimum absolute atomic E-state index is 0.323. The second kappa shape index (κ2) is 5.86. The van der Waals surface area contributed by atoms with Gasteiger partial charge in [0.25, 0.3) is 0 Å². The van der Waals surface area contributed by atoms with E-state index < -0.39 is 0 Å². The van der Waals surface area contributed by atoms with Crippen molar-refractivity contribution in [3.63, 3.8) is 0 Å². The van der Waals surface area contributed by atoms with Gasteiger partial charge in [-0.3, -0.25) is 0 Å².